The number of benzene rings is 1. The summed E-state index contributed by atoms with van der Waals surface area (Å²) in [6.07, 6.45) is 7.87. The highest BCUT2D eigenvalue weighted by molar-refractivity contribution is 5.74. The molecule has 5 nitrogen and oxygen atoms in total. The van der Waals surface area contributed by atoms with E-state index in [-0.39, 0.29) is 11.6 Å². The third kappa shape index (κ3) is 5.05. The summed E-state index contributed by atoms with van der Waals surface area (Å²) < 4.78 is 1.65. The molecular weight excluding hydrogens is 384 g/mol. The lowest BCUT2D eigenvalue weighted by molar-refractivity contribution is 0.559. The van der Waals surface area contributed by atoms with Gasteiger partial charge in [-0.25, -0.2) is 9.78 Å². The second kappa shape index (κ2) is 10.6. The Morgan fingerprint density at radius 2 is 1.97 bits per heavy atom. The van der Waals surface area contributed by atoms with E-state index in [4.69, 9.17) is 5.73 Å². The van der Waals surface area contributed by atoms with E-state index in [9.17, 15) is 4.79 Å². The summed E-state index contributed by atoms with van der Waals surface area (Å²) in [4.78, 5) is 19.7. The summed E-state index contributed by atoms with van der Waals surface area (Å²) in [7, 11) is 0. The number of pyridine rings is 1. The van der Waals surface area contributed by atoms with Gasteiger partial charge in [0.15, 0.2) is 5.65 Å². The van der Waals surface area contributed by atoms with Crippen molar-refractivity contribution in [2.45, 2.75) is 47.5 Å². The van der Waals surface area contributed by atoms with Crippen LogP contribution in [-0.4, -0.2) is 14.5 Å². The van der Waals surface area contributed by atoms with Gasteiger partial charge < -0.3 is 5.73 Å². The van der Waals surface area contributed by atoms with Gasteiger partial charge in [-0.2, -0.15) is 0 Å². The van der Waals surface area contributed by atoms with Crippen LogP contribution in [-0.2, 0) is 0 Å². The summed E-state index contributed by atoms with van der Waals surface area (Å²) in [5, 5.41) is 0. The molecule has 0 amide bonds. The molecule has 0 saturated heterocycles. The molecule has 1 aromatic carbocycles. The van der Waals surface area contributed by atoms with Crippen molar-refractivity contribution in [3.63, 3.8) is 0 Å². The normalized spacial score (nSPS) is 13.7. The molecule has 3 N–H and O–H groups in total. The average Bonchev–Trinajstić information content (AvgIpc) is 3.12. The first-order valence-corrected chi connectivity index (χ1v) is 10.8. The maximum atomic E-state index is 12.6. The molecule has 0 radical (unpaired) electrons. The topological polar surface area (TPSA) is 76.7 Å². The molecule has 0 aliphatic heterocycles. The Labute approximate surface area is 185 Å². The van der Waals surface area contributed by atoms with Gasteiger partial charge in [-0.3, -0.25) is 9.55 Å². The van der Waals surface area contributed by atoms with Crippen molar-refractivity contribution in [2.24, 2.45) is 11.7 Å². The first-order valence-electron chi connectivity index (χ1n) is 10.8. The molecule has 0 saturated carbocycles. The number of H-pyrrole nitrogens is 1. The van der Waals surface area contributed by atoms with Gasteiger partial charge in [0.1, 0.15) is 0 Å². The quantitative estimate of drug-likeness (QED) is 0.487. The molecule has 31 heavy (non-hydrogen) atoms. The monoisotopic (exact) mass is 418 g/mol. The van der Waals surface area contributed by atoms with Gasteiger partial charge in [0, 0.05) is 17.5 Å². The molecule has 2 heterocycles. The zero-order chi connectivity index (χ0) is 23.1. The van der Waals surface area contributed by atoms with Crippen molar-refractivity contribution in [3.8, 4) is 5.69 Å². The largest absolute Gasteiger partial charge is 0.399 e. The number of hydrogen-bond donors (Lipinski definition) is 2. The molecule has 0 spiro atoms. The van der Waals surface area contributed by atoms with Crippen molar-refractivity contribution in [2.75, 3.05) is 0 Å². The Kier molecular flexibility index (Phi) is 8.20. The molecule has 5 heteroatoms. The smallest absolute Gasteiger partial charge is 0.332 e. The third-order valence-corrected chi connectivity index (χ3v) is 5.61. The van der Waals surface area contributed by atoms with Crippen LogP contribution < -0.4 is 11.4 Å². The Hall–Kier alpha value is -3.34. The number of hydrogen-bond acceptors (Lipinski definition) is 3. The highest BCUT2D eigenvalue weighted by Crippen LogP contribution is 2.34. The number of fused-ring (bicyclic) bond motifs is 1. The minimum Gasteiger partial charge on any atom is -0.399 e. The van der Waals surface area contributed by atoms with E-state index in [2.05, 4.69) is 49.5 Å². The van der Waals surface area contributed by atoms with Crippen LogP contribution in [0.3, 0.4) is 0 Å². The van der Waals surface area contributed by atoms with Gasteiger partial charge in [-0.1, -0.05) is 64.1 Å². The SMILES string of the molecule is C=C(N)c1ccc(-n2c(=O)[nH]c3ncccc32)cc1[C@H](C)C(C)/C(C)=C/C=C\C.CC. The number of nitrogens with zero attached hydrogens (tertiary/aromatic N) is 2. The number of rotatable bonds is 6. The molecule has 0 aliphatic rings. The van der Waals surface area contributed by atoms with E-state index in [0.717, 1.165) is 22.3 Å². The highest BCUT2D eigenvalue weighted by Gasteiger charge is 2.21. The predicted octanol–water partition coefficient (Wildman–Crippen LogP) is 5.93. The fourth-order valence-electron chi connectivity index (χ4n) is 3.62. The van der Waals surface area contributed by atoms with Crippen molar-refractivity contribution >= 4 is 16.9 Å². The maximum Gasteiger partial charge on any atom is 0.332 e. The Morgan fingerprint density at radius 3 is 2.61 bits per heavy atom. The van der Waals surface area contributed by atoms with Crippen molar-refractivity contribution in [1.82, 2.24) is 14.5 Å². The summed E-state index contributed by atoms with van der Waals surface area (Å²) in [5.41, 5.74) is 11.8. The fourth-order valence-corrected chi connectivity index (χ4v) is 3.62. The Bertz CT molecular complexity index is 1160. The van der Waals surface area contributed by atoms with Crippen LogP contribution in [0.4, 0.5) is 0 Å². The van der Waals surface area contributed by atoms with Crippen LogP contribution in [0.25, 0.3) is 22.5 Å². The summed E-state index contributed by atoms with van der Waals surface area (Å²) in [5.74, 6) is 0.478. The standard InChI is InChI=1S/C24H28N4O.C2H6/c1-6-7-9-15(2)16(3)17(4)21-14-19(11-12-20(21)18(5)25)28-22-10-8-13-26-23(22)27-24(28)29;1-2/h6-14,16-17H,5,25H2,1-4H3,(H,26,27,29);1-2H3/b7-6-,15-9+;/t16?,17-;/m1./s1. The first kappa shape index (κ1) is 23.9. The number of aromatic nitrogens is 3. The van der Waals surface area contributed by atoms with Crippen LogP contribution in [0, 0.1) is 5.92 Å². The lowest BCUT2D eigenvalue weighted by Gasteiger charge is -2.24. The van der Waals surface area contributed by atoms with Crippen molar-refractivity contribution in [3.05, 3.63) is 88.5 Å². The van der Waals surface area contributed by atoms with Gasteiger partial charge in [0.2, 0.25) is 0 Å². The van der Waals surface area contributed by atoms with Crippen LogP contribution in [0.5, 0.6) is 0 Å². The molecule has 2 atom stereocenters. The van der Waals surface area contributed by atoms with Gasteiger partial charge in [-0.15, -0.1) is 0 Å². The van der Waals surface area contributed by atoms with E-state index in [0.29, 0.717) is 17.3 Å². The number of allylic oxidation sites excluding steroid dienone is 4. The number of imidazole rings is 1. The van der Waals surface area contributed by atoms with E-state index >= 15 is 0 Å². The molecule has 0 bridgehead atoms. The lowest BCUT2D eigenvalue weighted by Crippen LogP contribution is -2.17. The molecule has 3 rings (SSSR count). The van der Waals surface area contributed by atoms with E-state index in [1.807, 2.05) is 57.2 Å². The molecule has 2 aromatic heterocycles. The van der Waals surface area contributed by atoms with Gasteiger partial charge in [0.25, 0.3) is 0 Å². The highest BCUT2D eigenvalue weighted by atomic mass is 16.1. The van der Waals surface area contributed by atoms with Gasteiger partial charge in [-0.05, 0) is 55.5 Å². The minimum absolute atomic E-state index is 0.186. The number of nitrogens with one attached hydrogen (secondary N) is 1. The third-order valence-electron chi connectivity index (χ3n) is 5.61. The average molecular weight is 419 g/mol. The number of aromatic amines is 1. The lowest BCUT2D eigenvalue weighted by atomic mass is 9.81. The molecule has 0 fully saturated rings. The van der Waals surface area contributed by atoms with Gasteiger partial charge in [0.05, 0.1) is 11.2 Å². The maximum absolute atomic E-state index is 12.6. The van der Waals surface area contributed by atoms with Crippen LogP contribution in [0.2, 0.25) is 0 Å². The molecule has 0 aliphatic carbocycles. The Balaban J connectivity index is 0.00000166. The first-order chi connectivity index (χ1) is 14.8. The predicted molar refractivity (Wildman–Crippen MR) is 132 cm³/mol. The second-order valence-corrected chi connectivity index (χ2v) is 7.45. The number of nitrogens with two attached hydrogens (primary N) is 1. The zero-order valence-electron chi connectivity index (χ0n) is 19.4. The summed E-state index contributed by atoms with van der Waals surface area (Å²) in [6, 6.07) is 9.59. The van der Waals surface area contributed by atoms with Crippen LogP contribution in [0.1, 0.15) is 58.6 Å². The van der Waals surface area contributed by atoms with Crippen LogP contribution >= 0.6 is 0 Å². The Morgan fingerprint density at radius 1 is 1.26 bits per heavy atom. The van der Waals surface area contributed by atoms with Crippen molar-refractivity contribution in [1.29, 1.82) is 0 Å². The molecule has 1 unspecified atom stereocenters. The van der Waals surface area contributed by atoms with Crippen molar-refractivity contribution < 1.29 is 0 Å². The molecule has 164 valence electrons. The van der Waals surface area contributed by atoms with E-state index in [1.54, 1.807) is 10.8 Å². The van der Waals surface area contributed by atoms with Gasteiger partial charge >= 0.3 is 5.69 Å². The summed E-state index contributed by atoms with van der Waals surface area (Å²) in [6.45, 7) is 16.5. The zero-order valence-corrected chi connectivity index (χ0v) is 19.4. The van der Waals surface area contributed by atoms with E-state index < -0.39 is 0 Å². The molecular formula is C26H34N4O. The fraction of sp³-hybridized carbons (Fsp3) is 0.308. The molecule has 3 aromatic rings. The van der Waals surface area contributed by atoms with Crippen LogP contribution in [0.15, 0.2) is 71.7 Å². The van der Waals surface area contributed by atoms with E-state index in [1.165, 1.54) is 5.57 Å². The minimum atomic E-state index is -0.214. The summed E-state index contributed by atoms with van der Waals surface area (Å²) >= 11 is 0. The second-order valence-electron chi connectivity index (χ2n) is 7.45.